The third-order valence-corrected chi connectivity index (χ3v) is 6.45. The predicted molar refractivity (Wildman–Crippen MR) is 75.7 cm³/mol. The molecule has 0 aliphatic carbocycles. The lowest BCUT2D eigenvalue weighted by molar-refractivity contribution is 0.227. The van der Waals surface area contributed by atoms with Crippen molar-refractivity contribution in [2.24, 2.45) is 0 Å². The lowest BCUT2D eigenvalue weighted by Gasteiger charge is -2.27. The summed E-state index contributed by atoms with van der Waals surface area (Å²) < 4.78 is 14.3. The Bertz CT molecular complexity index is 446. The van der Waals surface area contributed by atoms with Gasteiger partial charge in [-0.25, -0.2) is 4.21 Å². The van der Waals surface area contributed by atoms with E-state index in [-0.39, 0.29) is 0 Å². The molecule has 3 rings (SSSR count). The maximum absolute atomic E-state index is 12.3. The first kappa shape index (κ1) is 12.7. The quantitative estimate of drug-likeness (QED) is 0.796. The van der Waals surface area contributed by atoms with Crippen LogP contribution in [0.3, 0.4) is 0 Å². The minimum atomic E-state index is -0.970. The van der Waals surface area contributed by atoms with Crippen LogP contribution in [0.5, 0.6) is 0 Å². The molecule has 2 aliphatic rings. The highest BCUT2D eigenvalue weighted by Crippen LogP contribution is 2.38. The highest BCUT2D eigenvalue weighted by atomic mass is 32.2. The molecule has 0 bridgehead atoms. The number of likely N-dealkylation sites (tertiary alicyclic amines) is 1. The standard InChI is InChI=1S/C13H18N2OS2/c16-18-13-7-3-2-6-12(13)17-15(18)11-10-14-8-4-1-5-9-14/h2-3,6-7H,1,4-5,8-11H2/t18-/m0/s1. The number of piperidine rings is 1. The van der Waals surface area contributed by atoms with Crippen LogP contribution in [0.4, 0.5) is 0 Å². The summed E-state index contributed by atoms with van der Waals surface area (Å²) >= 11 is 1.64. The molecular formula is C13H18N2OS2. The lowest BCUT2D eigenvalue weighted by atomic mass is 10.1. The number of nitrogens with zero attached hydrogens (tertiary/aromatic N) is 2. The van der Waals surface area contributed by atoms with Gasteiger partial charge in [-0.3, -0.25) is 0 Å². The summed E-state index contributed by atoms with van der Waals surface area (Å²) in [4.78, 5) is 4.61. The molecule has 0 N–H and O–H groups in total. The molecule has 2 heterocycles. The Morgan fingerprint density at radius 1 is 1.11 bits per heavy atom. The Kier molecular flexibility index (Phi) is 4.03. The van der Waals surface area contributed by atoms with Crippen LogP contribution < -0.4 is 0 Å². The Balaban J connectivity index is 1.57. The van der Waals surface area contributed by atoms with E-state index >= 15 is 0 Å². The van der Waals surface area contributed by atoms with Crippen molar-refractivity contribution < 1.29 is 4.21 Å². The Hall–Kier alpha value is -0.360. The first-order chi connectivity index (χ1) is 8.84. The van der Waals surface area contributed by atoms with Gasteiger partial charge in [0.15, 0.2) is 0 Å². The van der Waals surface area contributed by atoms with Gasteiger partial charge in [0.25, 0.3) is 0 Å². The molecule has 0 spiro atoms. The number of hydrogen-bond acceptors (Lipinski definition) is 3. The van der Waals surface area contributed by atoms with Crippen molar-refractivity contribution in [3.8, 4) is 0 Å². The normalized spacial score (nSPS) is 25.2. The maximum atomic E-state index is 12.3. The highest BCUT2D eigenvalue weighted by Gasteiger charge is 2.27. The van der Waals surface area contributed by atoms with Crippen molar-refractivity contribution in [3.63, 3.8) is 0 Å². The van der Waals surface area contributed by atoms with E-state index in [0.29, 0.717) is 0 Å². The molecule has 0 radical (unpaired) electrons. The average molecular weight is 282 g/mol. The van der Waals surface area contributed by atoms with Crippen LogP contribution >= 0.6 is 11.9 Å². The third-order valence-electron chi connectivity index (χ3n) is 3.47. The van der Waals surface area contributed by atoms with Crippen LogP contribution in [-0.4, -0.2) is 39.0 Å². The van der Waals surface area contributed by atoms with Crippen LogP contribution in [0.25, 0.3) is 0 Å². The molecule has 2 aliphatic heterocycles. The molecule has 1 atom stereocenters. The summed E-state index contributed by atoms with van der Waals surface area (Å²) in [5.74, 6) is 0. The second-order valence-electron chi connectivity index (χ2n) is 4.75. The van der Waals surface area contributed by atoms with E-state index in [2.05, 4.69) is 11.0 Å². The molecule has 0 unspecified atom stereocenters. The Morgan fingerprint density at radius 2 is 1.89 bits per heavy atom. The van der Waals surface area contributed by atoms with E-state index in [4.69, 9.17) is 0 Å². The van der Waals surface area contributed by atoms with E-state index in [1.165, 1.54) is 32.4 Å². The highest BCUT2D eigenvalue weighted by molar-refractivity contribution is 8.08. The Labute approximate surface area is 115 Å². The fourth-order valence-corrected chi connectivity index (χ4v) is 5.13. The summed E-state index contributed by atoms with van der Waals surface area (Å²) in [5.41, 5.74) is 0. The van der Waals surface area contributed by atoms with Gasteiger partial charge in [0.05, 0.1) is 4.90 Å². The molecule has 1 fully saturated rings. The van der Waals surface area contributed by atoms with Crippen LogP contribution in [0.1, 0.15) is 19.3 Å². The van der Waals surface area contributed by atoms with Crippen molar-refractivity contribution in [2.75, 3.05) is 26.2 Å². The van der Waals surface area contributed by atoms with Gasteiger partial charge in [0.1, 0.15) is 11.0 Å². The summed E-state index contributed by atoms with van der Waals surface area (Å²) in [7, 11) is -0.970. The van der Waals surface area contributed by atoms with Crippen molar-refractivity contribution >= 4 is 22.9 Å². The van der Waals surface area contributed by atoms with Gasteiger partial charge in [-0.05, 0) is 50.0 Å². The molecule has 0 saturated carbocycles. The molecule has 3 nitrogen and oxygen atoms in total. The van der Waals surface area contributed by atoms with Gasteiger partial charge in [0, 0.05) is 18.0 Å². The van der Waals surface area contributed by atoms with E-state index < -0.39 is 11.0 Å². The topological polar surface area (TPSA) is 23.6 Å². The van der Waals surface area contributed by atoms with Gasteiger partial charge in [-0.15, -0.1) is 0 Å². The minimum Gasteiger partial charge on any atom is -0.302 e. The zero-order valence-corrected chi connectivity index (χ0v) is 12.0. The fraction of sp³-hybridized carbons (Fsp3) is 0.538. The molecule has 0 amide bonds. The molecule has 1 aromatic carbocycles. The summed E-state index contributed by atoms with van der Waals surface area (Å²) in [6.07, 6.45) is 4.00. The van der Waals surface area contributed by atoms with E-state index in [1.807, 2.05) is 21.9 Å². The maximum Gasteiger partial charge on any atom is 0.139 e. The zero-order chi connectivity index (χ0) is 12.4. The van der Waals surface area contributed by atoms with Gasteiger partial charge in [0.2, 0.25) is 0 Å². The van der Waals surface area contributed by atoms with Gasteiger partial charge in [-0.2, -0.15) is 3.71 Å². The molecule has 1 saturated heterocycles. The zero-order valence-electron chi connectivity index (χ0n) is 10.4. The molecule has 0 aromatic heterocycles. The van der Waals surface area contributed by atoms with Crippen molar-refractivity contribution in [1.29, 1.82) is 0 Å². The van der Waals surface area contributed by atoms with Crippen LogP contribution in [-0.2, 0) is 11.0 Å². The molecule has 1 aromatic rings. The van der Waals surface area contributed by atoms with Gasteiger partial charge >= 0.3 is 0 Å². The summed E-state index contributed by atoms with van der Waals surface area (Å²) in [6.45, 7) is 4.33. The number of rotatable bonds is 3. The molecule has 98 valence electrons. The van der Waals surface area contributed by atoms with Crippen LogP contribution in [0.2, 0.25) is 0 Å². The number of fused-ring (bicyclic) bond motifs is 1. The first-order valence-corrected chi connectivity index (χ1v) is 8.41. The van der Waals surface area contributed by atoms with Gasteiger partial charge < -0.3 is 4.90 Å². The minimum absolute atomic E-state index is 0.881. The van der Waals surface area contributed by atoms with E-state index in [0.717, 1.165) is 22.9 Å². The third kappa shape index (κ3) is 2.64. The largest absolute Gasteiger partial charge is 0.302 e. The first-order valence-electron chi connectivity index (χ1n) is 6.53. The molecular weight excluding hydrogens is 264 g/mol. The van der Waals surface area contributed by atoms with E-state index in [9.17, 15) is 4.21 Å². The smallest absolute Gasteiger partial charge is 0.139 e. The summed E-state index contributed by atoms with van der Waals surface area (Å²) in [5, 5.41) is 0. The second-order valence-corrected chi connectivity index (χ2v) is 7.42. The van der Waals surface area contributed by atoms with E-state index in [1.54, 1.807) is 11.9 Å². The predicted octanol–water partition coefficient (Wildman–Crippen LogP) is 2.52. The monoisotopic (exact) mass is 282 g/mol. The van der Waals surface area contributed by atoms with Gasteiger partial charge in [-0.1, -0.05) is 18.6 Å². The van der Waals surface area contributed by atoms with Crippen molar-refractivity contribution in [1.82, 2.24) is 8.61 Å². The van der Waals surface area contributed by atoms with Crippen molar-refractivity contribution in [2.45, 2.75) is 29.1 Å². The van der Waals surface area contributed by atoms with Crippen LogP contribution in [0, 0.1) is 0 Å². The number of benzene rings is 1. The molecule has 5 heteroatoms. The average Bonchev–Trinajstić information content (AvgIpc) is 2.75. The number of hydrogen-bond donors (Lipinski definition) is 0. The fourth-order valence-electron chi connectivity index (χ4n) is 2.46. The second kappa shape index (κ2) is 5.74. The molecule has 18 heavy (non-hydrogen) atoms. The lowest BCUT2D eigenvalue weighted by Crippen LogP contribution is -2.35. The van der Waals surface area contributed by atoms with Crippen molar-refractivity contribution in [3.05, 3.63) is 24.3 Å². The summed E-state index contributed by atoms with van der Waals surface area (Å²) in [6, 6.07) is 8.00. The Morgan fingerprint density at radius 3 is 2.67 bits per heavy atom. The SMILES string of the molecule is O=[S@]1c2ccccc2SN1CCN1CCCCC1. The van der Waals surface area contributed by atoms with Crippen LogP contribution in [0.15, 0.2) is 34.1 Å².